The molecule has 120 valence electrons. The van der Waals surface area contributed by atoms with E-state index in [1.54, 1.807) is 18.3 Å². The monoisotopic (exact) mass is 315 g/mol. The molecular weight excluding hydrogens is 297 g/mol. The molecule has 2 heterocycles. The summed E-state index contributed by atoms with van der Waals surface area (Å²) in [4.78, 5) is 12.5. The van der Waals surface area contributed by atoms with Gasteiger partial charge in [-0.1, -0.05) is 0 Å². The average Bonchev–Trinajstić information content (AvgIpc) is 3.13. The predicted molar refractivity (Wildman–Crippen MR) is 82.8 cm³/mol. The van der Waals surface area contributed by atoms with Crippen LogP contribution in [0.3, 0.4) is 0 Å². The lowest BCUT2D eigenvalue weighted by Gasteiger charge is -2.17. The number of nitrogens with one attached hydrogen (secondary N) is 1. The lowest BCUT2D eigenvalue weighted by molar-refractivity contribution is -0.122. The summed E-state index contributed by atoms with van der Waals surface area (Å²) < 4.78 is 20.7. The van der Waals surface area contributed by atoms with Crippen molar-refractivity contribution < 1.29 is 13.9 Å². The first kappa shape index (κ1) is 14.2. The number of carbonyl (C=O) groups is 1. The number of hydrogen-bond donors (Lipinski definition) is 1. The van der Waals surface area contributed by atoms with Gasteiger partial charge in [-0.05, 0) is 43.9 Å². The maximum atomic E-state index is 13.3. The summed E-state index contributed by atoms with van der Waals surface area (Å²) in [7, 11) is 0. The minimum atomic E-state index is -0.633. The minimum Gasteiger partial charge on any atom is -0.480 e. The Hall–Kier alpha value is -2.37. The molecule has 1 amide bonds. The number of carbonyl (C=O) groups excluding carboxylic acids is 1. The molecule has 0 unspecified atom stereocenters. The Morgan fingerprint density at radius 3 is 3.04 bits per heavy atom. The molecule has 5 nitrogen and oxygen atoms in total. The van der Waals surface area contributed by atoms with E-state index in [1.807, 2.05) is 4.68 Å². The van der Waals surface area contributed by atoms with E-state index < -0.39 is 6.10 Å². The van der Waals surface area contributed by atoms with Crippen molar-refractivity contribution in [2.45, 2.75) is 38.3 Å². The van der Waals surface area contributed by atoms with Crippen LogP contribution in [-0.4, -0.2) is 21.8 Å². The van der Waals surface area contributed by atoms with Crippen LogP contribution in [0.2, 0.25) is 0 Å². The van der Waals surface area contributed by atoms with E-state index in [0.29, 0.717) is 23.9 Å². The molecule has 0 radical (unpaired) electrons. The molecule has 2 aliphatic rings. The van der Waals surface area contributed by atoms with Gasteiger partial charge < -0.3 is 10.1 Å². The van der Waals surface area contributed by atoms with Crippen LogP contribution >= 0.6 is 0 Å². The topological polar surface area (TPSA) is 56.2 Å². The van der Waals surface area contributed by atoms with E-state index in [4.69, 9.17) is 4.74 Å². The molecule has 1 N–H and O–H groups in total. The normalized spacial score (nSPS) is 20.7. The third-order valence-electron chi connectivity index (χ3n) is 4.60. The van der Waals surface area contributed by atoms with Gasteiger partial charge in [0.2, 0.25) is 0 Å². The molecule has 6 heteroatoms. The summed E-state index contributed by atoms with van der Waals surface area (Å²) in [5.74, 6) is 1.35. The molecule has 23 heavy (non-hydrogen) atoms. The van der Waals surface area contributed by atoms with Crippen LogP contribution in [0.4, 0.5) is 10.2 Å². The molecule has 0 bridgehead atoms. The van der Waals surface area contributed by atoms with E-state index in [9.17, 15) is 9.18 Å². The van der Waals surface area contributed by atoms with Gasteiger partial charge in [-0.25, -0.2) is 9.07 Å². The molecule has 1 aromatic carbocycles. The molecular formula is C17H18FN3O2. The molecule has 1 aliphatic heterocycles. The second-order valence-electron chi connectivity index (χ2n) is 6.29. The highest BCUT2D eigenvalue weighted by Crippen LogP contribution is 2.40. The highest BCUT2D eigenvalue weighted by molar-refractivity contribution is 5.94. The van der Waals surface area contributed by atoms with E-state index in [2.05, 4.69) is 17.3 Å². The number of halogens is 1. The number of hydrogen-bond acceptors (Lipinski definition) is 3. The summed E-state index contributed by atoms with van der Waals surface area (Å²) in [5.41, 5.74) is 0.727. The lowest BCUT2D eigenvalue weighted by Crippen LogP contribution is -2.32. The number of fused-ring (bicyclic) bond motifs is 1. The molecule has 1 aromatic heterocycles. The number of rotatable bonds is 4. The van der Waals surface area contributed by atoms with E-state index in [1.165, 1.54) is 25.0 Å². The molecule has 1 fully saturated rings. The summed E-state index contributed by atoms with van der Waals surface area (Å²) in [6, 6.07) is 6.39. The van der Waals surface area contributed by atoms with Gasteiger partial charge in [-0.3, -0.25) is 4.79 Å². The number of aromatic nitrogens is 2. The summed E-state index contributed by atoms with van der Waals surface area (Å²) in [6.07, 6.45) is 3.85. The van der Waals surface area contributed by atoms with Crippen molar-refractivity contribution in [3.63, 3.8) is 0 Å². The van der Waals surface area contributed by atoms with Gasteiger partial charge >= 0.3 is 0 Å². The van der Waals surface area contributed by atoms with Gasteiger partial charge in [0.05, 0.1) is 12.2 Å². The Kier molecular flexibility index (Phi) is 3.32. The van der Waals surface area contributed by atoms with Crippen LogP contribution < -0.4 is 10.1 Å². The summed E-state index contributed by atoms with van der Waals surface area (Å²) >= 11 is 0. The van der Waals surface area contributed by atoms with Crippen molar-refractivity contribution in [2.75, 3.05) is 5.32 Å². The number of amides is 1. The predicted octanol–water partition coefficient (Wildman–Crippen LogP) is 2.94. The first-order valence-electron chi connectivity index (χ1n) is 7.91. The number of ether oxygens (including phenoxy) is 1. The third-order valence-corrected chi connectivity index (χ3v) is 4.60. The Labute approximate surface area is 133 Å². The number of nitrogens with zero attached hydrogens (tertiary/aromatic N) is 2. The van der Waals surface area contributed by atoms with Gasteiger partial charge in [0.15, 0.2) is 6.10 Å². The van der Waals surface area contributed by atoms with E-state index in [0.717, 1.165) is 5.56 Å². The van der Waals surface area contributed by atoms with Gasteiger partial charge in [0.1, 0.15) is 17.4 Å². The Morgan fingerprint density at radius 1 is 1.43 bits per heavy atom. The molecule has 0 saturated heterocycles. The fourth-order valence-electron chi connectivity index (χ4n) is 3.09. The molecule has 2 aromatic rings. The Bertz CT molecular complexity index is 754. The first-order chi connectivity index (χ1) is 11.1. The van der Waals surface area contributed by atoms with Crippen LogP contribution in [0.25, 0.3) is 0 Å². The zero-order chi connectivity index (χ0) is 16.0. The second-order valence-corrected chi connectivity index (χ2v) is 6.29. The summed E-state index contributed by atoms with van der Waals surface area (Å²) in [6.45, 7) is 2.12. The van der Waals surface area contributed by atoms with Crippen molar-refractivity contribution in [1.82, 2.24) is 9.78 Å². The Morgan fingerprint density at radius 2 is 2.26 bits per heavy atom. The van der Waals surface area contributed by atoms with Gasteiger partial charge in [0, 0.05) is 18.1 Å². The highest BCUT2D eigenvalue weighted by Gasteiger charge is 2.33. The fourth-order valence-corrected chi connectivity index (χ4v) is 3.09. The maximum absolute atomic E-state index is 13.3. The standard InChI is InChI=1S/C17H18FN3O2/c1-10(11-2-3-11)21-16(6-7-19-21)20-17(22)15-9-12-8-13(18)4-5-14(12)23-15/h4-8,10-11,15H,2-3,9H2,1H3,(H,20,22)/t10-,15-/m1/s1. The van der Waals surface area contributed by atoms with Crippen LogP contribution in [-0.2, 0) is 11.2 Å². The van der Waals surface area contributed by atoms with E-state index >= 15 is 0 Å². The van der Waals surface area contributed by atoms with Crippen molar-refractivity contribution in [1.29, 1.82) is 0 Å². The van der Waals surface area contributed by atoms with Crippen LogP contribution in [0.1, 0.15) is 31.4 Å². The fraction of sp³-hybridized carbons (Fsp3) is 0.412. The zero-order valence-electron chi connectivity index (χ0n) is 12.8. The largest absolute Gasteiger partial charge is 0.480 e. The Balaban J connectivity index is 1.46. The highest BCUT2D eigenvalue weighted by atomic mass is 19.1. The molecule has 0 spiro atoms. The molecule has 4 rings (SSSR count). The zero-order valence-corrected chi connectivity index (χ0v) is 12.8. The van der Waals surface area contributed by atoms with Gasteiger partial charge in [-0.2, -0.15) is 5.10 Å². The lowest BCUT2D eigenvalue weighted by atomic mass is 10.1. The molecule has 2 atom stereocenters. The summed E-state index contributed by atoms with van der Waals surface area (Å²) in [5, 5.41) is 7.21. The van der Waals surface area contributed by atoms with Crippen molar-refractivity contribution >= 4 is 11.7 Å². The van der Waals surface area contributed by atoms with Crippen molar-refractivity contribution in [3.8, 4) is 5.75 Å². The molecule has 1 aliphatic carbocycles. The molecule has 1 saturated carbocycles. The van der Waals surface area contributed by atoms with Crippen molar-refractivity contribution in [3.05, 3.63) is 41.8 Å². The van der Waals surface area contributed by atoms with E-state index in [-0.39, 0.29) is 17.8 Å². The number of anilines is 1. The van der Waals surface area contributed by atoms with Gasteiger partial charge in [-0.15, -0.1) is 0 Å². The maximum Gasteiger partial charge on any atom is 0.266 e. The van der Waals surface area contributed by atoms with Crippen LogP contribution in [0.5, 0.6) is 5.75 Å². The average molecular weight is 315 g/mol. The number of benzene rings is 1. The smallest absolute Gasteiger partial charge is 0.266 e. The van der Waals surface area contributed by atoms with Crippen LogP contribution in [0.15, 0.2) is 30.5 Å². The van der Waals surface area contributed by atoms with Gasteiger partial charge in [0.25, 0.3) is 5.91 Å². The quantitative estimate of drug-likeness (QED) is 0.944. The minimum absolute atomic E-state index is 0.230. The second kappa shape index (κ2) is 5.37. The van der Waals surface area contributed by atoms with Crippen molar-refractivity contribution in [2.24, 2.45) is 5.92 Å². The third kappa shape index (κ3) is 2.69. The van der Waals surface area contributed by atoms with Crippen LogP contribution in [0, 0.1) is 11.7 Å². The SMILES string of the molecule is C[C@H](C1CC1)n1nccc1NC(=O)[C@H]1Cc2cc(F)ccc2O1. The first-order valence-corrected chi connectivity index (χ1v) is 7.91.